The van der Waals surface area contributed by atoms with Gasteiger partial charge in [-0.2, -0.15) is 0 Å². The molecule has 29 heavy (non-hydrogen) atoms. The van der Waals surface area contributed by atoms with Crippen molar-refractivity contribution in [1.29, 1.82) is 0 Å². The Morgan fingerprint density at radius 2 is 1.45 bits per heavy atom. The van der Waals surface area contributed by atoms with Crippen molar-refractivity contribution in [3.05, 3.63) is 90.7 Å². The van der Waals surface area contributed by atoms with Gasteiger partial charge in [-0.15, -0.1) is 11.3 Å². The molecule has 0 bridgehead atoms. The van der Waals surface area contributed by atoms with E-state index in [2.05, 4.69) is 18.2 Å². The normalized spacial score (nSPS) is 11.5. The number of sulfone groups is 1. The van der Waals surface area contributed by atoms with Crippen LogP contribution in [0.5, 0.6) is 0 Å². The maximum Gasteiger partial charge on any atom is 0.175 e. The molecule has 3 aromatic carbocycles. The van der Waals surface area contributed by atoms with Gasteiger partial charge in [0.25, 0.3) is 0 Å². The van der Waals surface area contributed by atoms with Crippen molar-refractivity contribution in [1.82, 2.24) is 0 Å². The van der Waals surface area contributed by atoms with E-state index in [0.29, 0.717) is 4.90 Å². The Morgan fingerprint density at radius 3 is 2.07 bits per heavy atom. The van der Waals surface area contributed by atoms with Gasteiger partial charge in [-0.05, 0) is 53.6 Å². The molecule has 0 atom stereocenters. The maximum atomic E-state index is 13.4. The van der Waals surface area contributed by atoms with Gasteiger partial charge in [-0.3, -0.25) is 0 Å². The molecule has 0 saturated heterocycles. The smallest absolute Gasteiger partial charge is 0.175 e. The van der Waals surface area contributed by atoms with Crippen molar-refractivity contribution in [2.75, 3.05) is 6.26 Å². The molecule has 0 unspecified atom stereocenters. The molecule has 2 nitrogen and oxygen atoms in total. The minimum absolute atomic E-state index is 0.275. The lowest BCUT2D eigenvalue weighted by Crippen LogP contribution is -1.96. The molecule has 146 valence electrons. The Kier molecular flexibility index (Phi) is 5.58. The topological polar surface area (TPSA) is 34.1 Å². The van der Waals surface area contributed by atoms with Crippen molar-refractivity contribution in [2.24, 2.45) is 0 Å². The summed E-state index contributed by atoms with van der Waals surface area (Å²) in [5, 5.41) is 0. The Labute approximate surface area is 178 Å². The van der Waals surface area contributed by atoms with E-state index in [-0.39, 0.29) is 5.82 Å². The Balaban J connectivity index is 1.79. The Hall–Kier alpha value is -2.41. The summed E-state index contributed by atoms with van der Waals surface area (Å²) < 4.78 is 38.1. The fourth-order valence-corrected chi connectivity index (χ4v) is 5.89. The van der Waals surface area contributed by atoms with Gasteiger partial charge in [-0.1, -0.05) is 54.2 Å². The number of benzene rings is 3. The lowest BCUT2D eigenvalue weighted by molar-refractivity contribution is 0.602. The fraction of sp³-hybridized carbons (Fsp3) is 0.0435. The Bertz CT molecular complexity index is 1230. The molecule has 0 aliphatic carbocycles. The predicted octanol–water partition coefficient (Wildman–Crippen LogP) is 6.78. The first-order valence-electron chi connectivity index (χ1n) is 8.83. The van der Waals surface area contributed by atoms with Gasteiger partial charge < -0.3 is 0 Å². The highest BCUT2D eigenvalue weighted by molar-refractivity contribution is 8.01. The van der Waals surface area contributed by atoms with Crippen molar-refractivity contribution in [3.63, 3.8) is 0 Å². The molecule has 1 aromatic heterocycles. The number of rotatable bonds is 5. The summed E-state index contributed by atoms with van der Waals surface area (Å²) in [5.74, 6) is -0.275. The first-order chi connectivity index (χ1) is 13.9. The van der Waals surface area contributed by atoms with E-state index in [9.17, 15) is 12.8 Å². The summed E-state index contributed by atoms with van der Waals surface area (Å²) in [6.45, 7) is 0. The van der Waals surface area contributed by atoms with Crippen LogP contribution in [0.3, 0.4) is 0 Å². The van der Waals surface area contributed by atoms with Gasteiger partial charge in [0.05, 0.1) is 9.10 Å². The molecule has 0 radical (unpaired) electrons. The largest absolute Gasteiger partial charge is 0.224 e. The van der Waals surface area contributed by atoms with Crippen LogP contribution in [-0.4, -0.2) is 14.7 Å². The SMILES string of the molecule is CS(=O)(=O)c1ccc(-c2cc(Sc3ccccc3)sc2-c2ccc(F)cc2)cc1. The van der Waals surface area contributed by atoms with Gasteiger partial charge in [0.2, 0.25) is 0 Å². The second-order valence-electron chi connectivity index (χ2n) is 6.53. The van der Waals surface area contributed by atoms with E-state index in [1.54, 1.807) is 47.4 Å². The summed E-state index contributed by atoms with van der Waals surface area (Å²) in [4.78, 5) is 2.45. The number of thiophene rings is 1. The number of hydrogen-bond donors (Lipinski definition) is 0. The summed E-state index contributed by atoms with van der Waals surface area (Å²) in [7, 11) is -3.25. The molecule has 0 aliphatic rings. The molecule has 0 fully saturated rings. The van der Waals surface area contributed by atoms with Crippen LogP contribution in [0.25, 0.3) is 21.6 Å². The average molecular weight is 441 g/mol. The standard InChI is InChI=1S/C23H17FO2S3/c1-29(25,26)20-13-9-16(10-14-20)21-15-22(27-19-5-3-2-4-6-19)28-23(21)17-7-11-18(24)12-8-17/h2-15H,1H3. The summed E-state index contributed by atoms with van der Waals surface area (Å²) in [6.07, 6.45) is 1.20. The lowest BCUT2D eigenvalue weighted by Gasteiger charge is -2.06. The summed E-state index contributed by atoms with van der Waals surface area (Å²) in [5.41, 5.74) is 2.85. The fourth-order valence-electron chi connectivity index (χ4n) is 2.94. The third kappa shape index (κ3) is 4.61. The zero-order valence-corrected chi connectivity index (χ0v) is 18.0. The molecule has 0 saturated carbocycles. The van der Waals surface area contributed by atoms with Crippen LogP contribution in [0.2, 0.25) is 0 Å². The van der Waals surface area contributed by atoms with Gasteiger partial charge >= 0.3 is 0 Å². The average Bonchev–Trinajstić information content (AvgIpc) is 3.12. The zero-order chi connectivity index (χ0) is 20.4. The van der Waals surface area contributed by atoms with Crippen molar-refractivity contribution in [3.8, 4) is 21.6 Å². The minimum atomic E-state index is -3.25. The van der Waals surface area contributed by atoms with Crippen LogP contribution in [0.15, 0.2) is 98.9 Å². The van der Waals surface area contributed by atoms with Crippen LogP contribution in [0, 0.1) is 5.82 Å². The first-order valence-corrected chi connectivity index (χ1v) is 12.4. The number of hydrogen-bond acceptors (Lipinski definition) is 4. The van der Waals surface area contributed by atoms with Gasteiger partial charge in [-0.25, -0.2) is 12.8 Å². The van der Waals surface area contributed by atoms with Gasteiger partial charge in [0.1, 0.15) is 5.82 Å². The molecule has 0 aliphatic heterocycles. The molecule has 0 amide bonds. The van der Waals surface area contributed by atoms with Crippen LogP contribution in [0.1, 0.15) is 0 Å². The van der Waals surface area contributed by atoms with E-state index >= 15 is 0 Å². The van der Waals surface area contributed by atoms with Crippen molar-refractivity contribution in [2.45, 2.75) is 14.0 Å². The van der Waals surface area contributed by atoms with Crippen LogP contribution >= 0.6 is 23.1 Å². The molecule has 4 aromatic rings. The second-order valence-corrected chi connectivity index (χ2v) is 11.0. The molecule has 0 spiro atoms. The van der Waals surface area contributed by atoms with Gasteiger partial charge in [0, 0.05) is 21.6 Å². The van der Waals surface area contributed by atoms with Crippen LogP contribution < -0.4 is 0 Å². The second kappa shape index (κ2) is 8.14. The molecule has 0 N–H and O–H groups in total. The predicted molar refractivity (Wildman–Crippen MR) is 119 cm³/mol. The van der Waals surface area contributed by atoms with E-state index in [0.717, 1.165) is 30.7 Å². The minimum Gasteiger partial charge on any atom is -0.224 e. The molecule has 6 heteroatoms. The maximum absolute atomic E-state index is 13.4. The van der Waals surface area contributed by atoms with Crippen molar-refractivity contribution < 1.29 is 12.8 Å². The highest BCUT2D eigenvalue weighted by Crippen LogP contribution is 2.45. The highest BCUT2D eigenvalue weighted by Gasteiger charge is 2.15. The zero-order valence-electron chi connectivity index (χ0n) is 15.5. The van der Waals surface area contributed by atoms with E-state index in [1.807, 2.05) is 30.3 Å². The number of halogens is 1. The van der Waals surface area contributed by atoms with E-state index < -0.39 is 9.84 Å². The van der Waals surface area contributed by atoms with Crippen molar-refractivity contribution >= 4 is 32.9 Å². The lowest BCUT2D eigenvalue weighted by atomic mass is 10.0. The third-order valence-electron chi connectivity index (χ3n) is 4.37. The monoisotopic (exact) mass is 440 g/mol. The van der Waals surface area contributed by atoms with Crippen LogP contribution in [0.4, 0.5) is 4.39 Å². The van der Waals surface area contributed by atoms with Gasteiger partial charge in [0.15, 0.2) is 9.84 Å². The molecular weight excluding hydrogens is 423 g/mol. The molecular formula is C23H17FO2S3. The third-order valence-corrected chi connectivity index (χ3v) is 7.81. The van der Waals surface area contributed by atoms with E-state index in [1.165, 1.54) is 18.4 Å². The summed E-state index contributed by atoms with van der Waals surface area (Å²) in [6, 6.07) is 25.6. The Morgan fingerprint density at radius 1 is 0.828 bits per heavy atom. The highest BCUT2D eigenvalue weighted by atomic mass is 32.2. The quantitative estimate of drug-likeness (QED) is 0.343. The molecule has 4 rings (SSSR count). The van der Waals surface area contributed by atoms with E-state index in [4.69, 9.17) is 0 Å². The van der Waals surface area contributed by atoms with Crippen LogP contribution in [-0.2, 0) is 9.84 Å². The summed E-state index contributed by atoms with van der Waals surface area (Å²) >= 11 is 3.31. The molecule has 1 heterocycles. The first kappa shape index (κ1) is 19.9.